The third kappa shape index (κ3) is 5.34. The van der Waals surface area contributed by atoms with Gasteiger partial charge >= 0.3 is 0 Å². The minimum absolute atomic E-state index is 0.00411. The highest BCUT2D eigenvalue weighted by atomic mass is 16.6. The topological polar surface area (TPSA) is 90.7 Å². The summed E-state index contributed by atoms with van der Waals surface area (Å²) in [6.07, 6.45) is 2.94. The molecule has 0 atom stereocenters. The summed E-state index contributed by atoms with van der Waals surface area (Å²) in [5, 5.41) is 13.4. The van der Waals surface area contributed by atoms with Crippen molar-refractivity contribution in [2.45, 2.75) is 13.8 Å². The van der Waals surface area contributed by atoms with E-state index in [1.54, 1.807) is 36.4 Å². The number of hydrogen-bond acceptors (Lipinski definition) is 5. The summed E-state index contributed by atoms with van der Waals surface area (Å²) in [5.74, 6) is 0.857. The number of hydrogen-bond donors (Lipinski definition) is 1. The van der Waals surface area contributed by atoms with Crippen molar-refractivity contribution in [3.63, 3.8) is 0 Å². The highest BCUT2D eigenvalue weighted by Crippen LogP contribution is 2.30. The fourth-order valence-corrected chi connectivity index (χ4v) is 2.19. The molecule has 0 heterocycles. The van der Waals surface area contributed by atoms with Gasteiger partial charge in [0, 0.05) is 30.0 Å². The van der Waals surface area contributed by atoms with Crippen LogP contribution in [0.3, 0.4) is 0 Å². The predicted molar refractivity (Wildman–Crippen MR) is 99.5 cm³/mol. The second kappa shape index (κ2) is 9.22. The van der Waals surface area contributed by atoms with Crippen LogP contribution in [0.25, 0.3) is 6.08 Å². The van der Waals surface area contributed by atoms with Crippen LogP contribution in [0.1, 0.15) is 19.4 Å². The SMILES string of the molecule is CCOc1ccc(NC(=O)/C=C/c2ccc([N+](=O)[O-])cc2)cc1OCC. The molecule has 1 N–H and O–H groups in total. The first-order chi connectivity index (χ1) is 12.5. The molecule has 7 heteroatoms. The number of non-ortho nitro benzene ring substituents is 1. The van der Waals surface area contributed by atoms with E-state index in [-0.39, 0.29) is 11.6 Å². The van der Waals surface area contributed by atoms with Gasteiger partial charge in [-0.25, -0.2) is 0 Å². The largest absolute Gasteiger partial charge is 0.490 e. The molecule has 0 aromatic heterocycles. The molecule has 2 aromatic rings. The van der Waals surface area contributed by atoms with Crippen molar-refractivity contribution in [2.75, 3.05) is 18.5 Å². The van der Waals surface area contributed by atoms with Crippen molar-refractivity contribution in [1.82, 2.24) is 0 Å². The number of carbonyl (C=O) groups is 1. The van der Waals surface area contributed by atoms with Crippen LogP contribution in [-0.2, 0) is 4.79 Å². The van der Waals surface area contributed by atoms with Crippen LogP contribution in [0.2, 0.25) is 0 Å². The number of nitrogens with zero attached hydrogens (tertiary/aromatic N) is 1. The lowest BCUT2D eigenvalue weighted by molar-refractivity contribution is -0.384. The van der Waals surface area contributed by atoms with Gasteiger partial charge in [-0.15, -0.1) is 0 Å². The maximum atomic E-state index is 12.1. The number of benzene rings is 2. The average molecular weight is 356 g/mol. The van der Waals surface area contributed by atoms with E-state index in [1.165, 1.54) is 18.2 Å². The second-order valence-corrected chi connectivity index (χ2v) is 5.20. The molecule has 2 rings (SSSR count). The Labute approximate surface area is 151 Å². The molecule has 0 unspecified atom stereocenters. The number of nitro benzene ring substituents is 1. The summed E-state index contributed by atoms with van der Waals surface area (Å²) < 4.78 is 11.0. The standard InChI is InChI=1S/C19H20N2O5/c1-3-25-17-11-8-15(13-18(17)26-4-2)20-19(22)12-7-14-5-9-16(10-6-14)21(23)24/h5-13H,3-4H2,1-2H3,(H,20,22)/b12-7+. The second-order valence-electron chi connectivity index (χ2n) is 5.20. The first kappa shape index (κ1) is 19.0. The lowest BCUT2D eigenvalue weighted by Gasteiger charge is -2.12. The summed E-state index contributed by atoms with van der Waals surface area (Å²) in [5.41, 5.74) is 1.27. The van der Waals surface area contributed by atoms with E-state index in [1.807, 2.05) is 13.8 Å². The lowest BCUT2D eigenvalue weighted by Crippen LogP contribution is -2.08. The smallest absolute Gasteiger partial charge is 0.269 e. The highest BCUT2D eigenvalue weighted by molar-refractivity contribution is 6.02. The van der Waals surface area contributed by atoms with E-state index in [0.717, 1.165) is 0 Å². The molecule has 0 aliphatic rings. The predicted octanol–water partition coefficient (Wildman–Crippen LogP) is 4.04. The number of amides is 1. The number of anilines is 1. The van der Waals surface area contributed by atoms with E-state index < -0.39 is 4.92 Å². The Morgan fingerprint density at radius 2 is 1.73 bits per heavy atom. The zero-order valence-electron chi connectivity index (χ0n) is 14.6. The van der Waals surface area contributed by atoms with Gasteiger partial charge in [-0.1, -0.05) is 0 Å². The maximum Gasteiger partial charge on any atom is 0.269 e. The van der Waals surface area contributed by atoms with Crippen molar-refractivity contribution in [3.8, 4) is 11.5 Å². The fraction of sp³-hybridized carbons (Fsp3) is 0.211. The molecule has 26 heavy (non-hydrogen) atoms. The van der Waals surface area contributed by atoms with Gasteiger partial charge in [0.1, 0.15) is 0 Å². The molecule has 0 aliphatic carbocycles. The Morgan fingerprint density at radius 1 is 1.08 bits per heavy atom. The number of rotatable bonds is 8. The summed E-state index contributed by atoms with van der Waals surface area (Å²) in [4.78, 5) is 22.2. The first-order valence-electron chi connectivity index (χ1n) is 8.16. The summed E-state index contributed by atoms with van der Waals surface area (Å²) in [6.45, 7) is 4.75. The van der Waals surface area contributed by atoms with E-state index in [9.17, 15) is 14.9 Å². The van der Waals surface area contributed by atoms with Crippen LogP contribution in [0.15, 0.2) is 48.5 Å². The molecule has 0 fully saturated rings. The lowest BCUT2D eigenvalue weighted by atomic mass is 10.2. The van der Waals surface area contributed by atoms with Gasteiger partial charge in [0.15, 0.2) is 11.5 Å². The molecule has 0 bridgehead atoms. The molecule has 0 saturated heterocycles. The van der Waals surface area contributed by atoms with Gasteiger partial charge in [0.2, 0.25) is 5.91 Å². The molecule has 7 nitrogen and oxygen atoms in total. The Balaban J connectivity index is 2.04. The van der Waals surface area contributed by atoms with E-state index in [2.05, 4.69) is 5.32 Å². The molecular formula is C19H20N2O5. The summed E-state index contributed by atoms with van der Waals surface area (Å²) in [6, 6.07) is 11.1. The Hall–Kier alpha value is -3.35. The third-order valence-corrected chi connectivity index (χ3v) is 3.34. The minimum Gasteiger partial charge on any atom is -0.490 e. The summed E-state index contributed by atoms with van der Waals surface area (Å²) in [7, 11) is 0. The molecule has 0 radical (unpaired) electrons. The van der Waals surface area contributed by atoms with Gasteiger partial charge in [-0.3, -0.25) is 14.9 Å². The quantitative estimate of drug-likeness (QED) is 0.438. The summed E-state index contributed by atoms with van der Waals surface area (Å²) >= 11 is 0. The van der Waals surface area contributed by atoms with E-state index in [4.69, 9.17) is 9.47 Å². The van der Waals surface area contributed by atoms with Crippen LogP contribution in [-0.4, -0.2) is 24.0 Å². The normalized spacial score (nSPS) is 10.5. The number of nitro groups is 1. The van der Waals surface area contributed by atoms with Crippen LogP contribution in [0.5, 0.6) is 11.5 Å². The van der Waals surface area contributed by atoms with Gasteiger partial charge in [-0.2, -0.15) is 0 Å². The van der Waals surface area contributed by atoms with E-state index >= 15 is 0 Å². The van der Waals surface area contributed by atoms with E-state index in [0.29, 0.717) is 36.0 Å². The maximum absolute atomic E-state index is 12.1. The Bertz CT molecular complexity index is 800. The number of carbonyl (C=O) groups excluding carboxylic acids is 1. The van der Waals surface area contributed by atoms with Crippen molar-refractivity contribution in [1.29, 1.82) is 0 Å². The zero-order valence-corrected chi connectivity index (χ0v) is 14.6. The van der Waals surface area contributed by atoms with Crippen molar-refractivity contribution in [2.24, 2.45) is 0 Å². The molecule has 136 valence electrons. The third-order valence-electron chi connectivity index (χ3n) is 3.34. The van der Waals surface area contributed by atoms with Gasteiger partial charge in [0.25, 0.3) is 5.69 Å². The highest BCUT2D eigenvalue weighted by Gasteiger charge is 2.07. The average Bonchev–Trinajstić information content (AvgIpc) is 2.63. The zero-order chi connectivity index (χ0) is 18.9. The number of nitrogens with one attached hydrogen (secondary N) is 1. The van der Waals surface area contributed by atoms with Crippen LogP contribution in [0, 0.1) is 10.1 Å². The first-order valence-corrected chi connectivity index (χ1v) is 8.16. The van der Waals surface area contributed by atoms with Crippen LogP contribution < -0.4 is 14.8 Å². The molecular weight excluding hydrogens is 336 g/mol. The van der Waals surface area contributed by atoms with Gasteiger partial charge < -0.3 is 14.8 Å². The molecule has 0 saturated carbocycles. The van der Waals surface area contributed by atoms with Crippen molar-refractivity contribution >= 4 is 23.4 Å². The van der Waals surface area contributed by atoms with Crippen molar-refractivity contribution < 1.29 is 19.2 Å². The minimum atomic E-state index is -0.470. The monoisotopic (exact) mass is 356 g/mol. The van der Waals surface area contributed by atoms with Crippen LogP contribution in [0.4, 0.5) is 11.4 Å². The van der Waals surface area contributed by atoms with Crippen molar-refractivity contribution in [3.05, 3.63) is 64.2 Å². The number of ether oxygens (including phenoxy) is 2. The molecule has 1 amide bonds. The Morgan fingerprint density at radius 3 is 2.35 bits per heavy atom. The molecule has 0 spiro atoms. The molecule has 0 aliphatic heterocycles. The van der Waals surface area contributed by atoms with Gasteiger partial charge in [0.05, 0.1) is 18.1 Å². The Kier molecular flexibility index (Phi) is 6.73. The molecule has 2 aromatic carbocycles. The van der Waals surface area contributed by atoms with Crippen LogP contribution >= 0.6 is 0 Å². The van der Waals surface area contributed by atoms with Gasteiger partial charge in [-0.05, 0) is 49.8 Å². The fourth-order valence-electron chi connectivity index (χ4n) is 2.19.